The van der Waals surface area contributed by atoms with Gasteiger partial charge in [0.05, 0.1) is 12.1 Å². The zero-order valence-electron chi connectivity index (χ0n) is 22.9. The summed E-state index contributed by atoms with van der Waals surface area (Å²) in [5.74, 6) is 1.57. The van der Waals surface area contributed by atoms with Crippen molar-refractivity contribution in [1.29, 1.82) is 0 Å². The van der Waals surface area contributed by atoms with Gasteiger partial charge in [0, 0.05) is 53.1 Å². The number of halogens is 1. The van der Waals surface area contributed by atoms with Crippen LogP contribution in [0.2, 0.25) is 5.02 Å². The molecule has 0 bridgehead atoms. The van der Waals surface area contributed by atoms with Gasteiger partial charge in [0.25, 0.3) is 5.91 Å². The number of hydrogen-bond donors (Lipinski definition) is 1. The van der Waals surface area contributed by atoms with Crippen molar-refractivity contribution in [3.05, 3.63) is 76.3 Å². The molecule has 1 N–H and O–H groups in total. The molecule has 5 rings (SSSR count). The number of anilines is 1. The highest BCUT2D eigenvalue weighted by atomic mass is 35.5. The van der Waals surface area contributed by atoms with Gasteiger partial charge in [0.15, 0.2) is 0 Å². The lowest BCUT2D eigenvalue weighted by Gasteiger charge is -2.39. The monoisotopic (exact) mass is 562 g/mol. The van der Waals surface area contributed by atoms with Crippen LogP contribution in [0.25, 0.3) is 21.2 Å². The molecule has 2 heterocycles. The molecule has 1 amide bonds. The molecule has 4 aromatic rings. The molecular weight excluding hydrogens is 528 g/mol. The van der Waals surface area contributed by atoms with Crippen molar-refractivity contribution in [3.63, 3.8) is 0 Å². The van der Waals surface area contributed by atoms with Gasteiger partial charge in [-0.25, -0.2) is 4.98 Å². The van der Waals surface area contributed by atoms with Crippen LogP contribution < -0.4 is 10.1 Å². The summed E-state index contributed by atoms with van der Waals surface area (Å²) in [6, 6.07) is 18.8. The fraction of sp³-hybridized carbons (Fsp3) is 0.355. The minimum Gasteiger partial charge on any atom is -0.496 e. The minimum atomic E-state index is -0.0120. The van der Waals surface area contributed by atoms with Gasteiger partial charge in [0.2, 0.25) is 0 Å². The van der Waals surface area contributed by atoms with E-state index in [1.165, 1.54) is 11.3 Å². The number of pyridine rings is 1. The first kappa shape index (κ1) is 27.4. The number of ether oxygens (including phenoxy) is 1. The van der Waals surface area contributed by atoms with Crippen molar-refractivity contribution in [2.45, 2.75) is 44.3 Å². The molecule has 0 atom stereocenters. The number of carbonyl (C=O) groups is 1. The third-order valence-electron chi connectivity index (χ3n) is 7.80. The molecule has 8 heteroatoms. The fourth-order valence-corrected chi connectivity index (χ4v) is 6.98. The summed E-state index contributed by atoms with van der Waals surface area (Å²) in [7, 11) is 7.81. The summed E-state index contributed by atoms with van der Waals surface area (Å²) >= 11 is 8.29. The smallest absolute Gasteiger partial charge is 0.266 e. The third kappa shape index (κ3) is 5.76. The van der Waals surface area contributed by atoms with Crippen molar-refractivity contribution in [1.82, 2.24) is 14.8 Å². The van der Waals surface area contributed by atoms with E-state index in [2.05, 4.69) is 35.4 Å². The normalized spacial score (nSPS) is 17.4. The first-order valence-electron chi connectivity index (χ1n) is 13.3. The van der Waals surface area contributed by atoms with Crippen molar-refractivity contribution >= 4 is 44.7 Å². The average Bonchev–Trinajstić information content (AvgIpc) is 3.32. The summed E-state index contributed by atoms with van der Waals surface area (Å²) in [5.41, 5.74) is 3.01. The second-order valence-electron chi connectivity index (χ2n) is 10.3. The number of nitrogens with one attached hydrogen (secondary N) is 1. The molecule has 1 aliphatic rings. The molecule has 0 saturated heterocycles. The highest BCUT2D eigenvalue weighted by Crippen LogP contribution is 2.38. The summed E-state index contributed by atoms with van der Waals surface area (Å²) in [5, 5.41) is 4.54. The second kappa shape index (κ2) is 11.9. The number of benzene rings is 2. The zero-order chi connectivity index (χ0) is 27.5. The first-order valence-corrected chi connectivity index (χ1v) is 14.5. The predicted octanol–water partition coefficient (Wildman–Crippen LogP) is 7.18. The number of nitrogens with zero attached hydrogens (tertiary/aromatic N) is 3. The van der Waals surface area contributed by atoms with Crippen molar-refractivity contribution in [2.24, 2.45) is 0 Å². The Hall–Kier alpha value is -3.13. The molecule has 2 aromatic heterocycles. The molecule has 0 unspecified atom stereocenters. The third-order valence-corrected chi connectivity index (χ3v) is 9.46. The maximum Gasteiger partial charge on any atom is 0.266 e. The fourth-order valence-electron chi connectivity index (χ4n) is 5.51. The lowest BCUT2D eigenvalue weighted by molar-refractivity contribution is 0.0573. The summed E-state index contributed by atoms with van der Waals surface area (Å²) in [6.45, 7) is 0.444. The largest absolute Gasteiger partial charge is 0.496 e. The van der Waals surface area contributed by atoms with Crippen LogP contribution in [0.5, 0.6) is 5.75 Å². The van der Waals surface area contributed by atoms with Gasteiger partial charge < -0.3 is 19.9 Å². The molecule has 0 spiro atoms. The number of fused-ring (bicyclic) bond motifs is 1. The Kier molecular flexibility index (Phi) is 8.40. The molecule has 1 saturated carbocycles. The van der Waals surface area contributed by atoms with Crippen molar-refractivity contribution in [2.75, 3.05) is 33.6 Å². The zero-order valence-corrected chi connectivity index (χ0v) is 24.5. The number of methoxy groups -OCH3 is 1. The maximum absolute atomic E-state index is 14.3. The number of hydrogen-bond acceptors (Lipinski definition) is 6. The quantitative estimate of drug-likeness (QED) is 0.246. The Labute approximate surface area is 239 Å². The van der Waals surface area contributed by atoms with Gasteiger partial charge in [-0.1, -0.05) is 35.9 Å². The van der Waals surface area contributed by atoms with E-state index in [-0.39, 0.29) is 11.9 Å². The lowest BCUT2D eigenvalue weighted by Crippen LogP contribution is -2.44. The predicted molar refractivity (Wildman–Crippen MR) is 162 cm³/mol. The van der Waals surface area contributed by atoms with Crippen LogP contribution >= 0.6 is 22.9 Å². The van der Waals surface area contributed by atoms with Crippen LogP contribution in [-0.2, 0) is 6.54 Å². The van der Waals surface area contributed by atoms with Gasteiger partial charge in [-0.15, -0.1) is 11.3 Å². The van der Waals surface area contributed by atoms with Crippen LogP contribution in [0, 0.1) is 0 Å². The van der Waals surface area contributed by atoms with E-state index in [1.807, 2.05) is 66.7 Å². The van der Waals surface area contributed by atoms with Crippen LogP contribution in [-0.4, -0.2) is 61.0 Å². The van der Waals surface area contributed by atoms with Crippen molar-refractivity contribution < 1.29 is 9.53 Å². The van der Waals surface area contributed by atoms with Crippen LogP contribution in [0.3, 0.4) is 0 Å². The standard InChI is InChI=1S/C31H35ClN4O2S/c1-33-28-16-10-21(18-34-28)20-9-15-26(38-4)22(17-20)19-36(24-13-11-23(12-14-24)35(2)3)31(37)30-29(32)25-7-5-6-8-27(25)39-30/h5-10,15-18,23-24H,11-14,19H2,1-4H3,(H,33,34)/t23-,24-. The van der Waals surface area contributed by atoms with E-state index in [4.69, 9.17) is 16.3 Å². The van der Waals surface area contributed by atoms with E-state index >= 15 is 0 Å². The topological polar surface area (TPSA) is 57.7 Å². The Morgan fingerprint density at radius 2 is 1.77 bits per heavy atom. The molecule has 1 fully saturated rings. The lowest BCUT2D eigenvalue weighted by atomic mass is 9.89. The van der Waals surface area contributed by atoms with Crippen molar-refractivity contribution in [3.8, 4) is 16.9 Å². The number of aromatic nitrogens is 1. The van der Waals surface area contributed by atoms with Crippen LogP contribution in [0.15, 0.2) is 60.8 Å². The summed E-state index contributed by atoms with van der Waals surface area (Å²) < 4.78 is 6.80. The van der Waals surface area contributed by atoms with Gasteiger partial charge in [-0.3, -0.25) is 4.79 Å². The molecular formula is C31H35ClN4O2S. The molecule has 0 radical (unpaired) electrons. The highest BCUT2D eigenvalue weighted by Gasteiger charge is 2.33. The highest BCUT2D eigenvalue weighted by molar-refractivity contribution is 7.21. The molecule has 39 heavy (non-hydrogen) atoms. The number of carbonyl (C=O) groups excluding carboxylic acids is 1. The summed E-state index contributed by atoms with van der Waals surface area (Å²) in [6.07, 6.45) is 5.88. The van der Waals surface area contributed by atoms with Gasteiger partial charge in [-0.2, -0.15) is 0 Å². The van der Waals surface area contributed by atoms with Gasteiger partial charge in [0.1, 0.15) is 16.4 Å². The molecule has 6 nitrogen and oxygen atoms in total. The minimum absolute atomic E-state index is 0.0120. The first-order chi connectivity index (χ1) is 18.9. The Morgan fingerprint density at radius 3 is 2.41 bits per heavy atom. The number of amides is 1. The maximum atomic E-state index is 14.3. The summed E-state index contributed by atoms with van der Waals surface area (Å²) in [4.78, 5) is 23.7. The number of rotatable bonds is 8. The van der Waals surface area contributed by atoms with Crippen LogP contribution in [0.4, 0.5) is 5.82 Å². The molecule has 204 valence electrons. The SMILES string of the molecule is CNc1ccc(-c2ccc(OC)c(CN(C(=O)c3sc4ccccc4c3Cl)[C@H]3CC[C@H](N(C)C)CC3)c2)cn1. The molecule has 2 aromatic carbocycles. The average molecular weight is 563 g/mol. The van der Waals surface area contributed by atoms with Crippen LogP contribution in [0.1, 0.15) is 40.9 Å². The number of thiophene rings is 1. The Morgan fingerprint density at radius 1 is 1.05 bits per heavy atom. The second-order valence-corrected chi connectivity index (χ2v) is 11.7. The Bertz CT molecular complexity index is 1450. The van der Waals surface area contributed by atoms with E-state index < -0.39 is 0 Å². The van der Waals surface area contributed by atoms with E-state index in [0.717, 1.165) is 64.0 Å². The van der Waals surface area contributed by atoms with E-state index in [0.29, 0.717) is 22.5 Å². The molecule has 0 aliphatic heterocycles. The Balaban J connectivity index is 1.51. The van der Waals surface area contributed by atoms with E-state index in [9.17, 15) is 4.79 Å². The van der Waals surface area contributed by atoms with E-state index in [1.54, 1.807) is 7.11 Å². The molecule has 1 aliphatic carbocycles. The van der Waals surface area contributed by atoms with Gasteiger partial charge in [-0.05, 0) is 75.7 Å². The van der Waals surface area contributed by atoms with Gasteiger partial charge >= 0.3 is 0 Å².